The molecule has 3 nitrogen and oxygen atoms in total. The predicted octanol–water partition coefficient (Wildman–Crippen LogP) is 2.63. The molecule has 3 heteroatoms. The molecule has 0 amide bonds. The maximum atomic E-state index is 6.05. The van der Waals surface area contributed by atoms with Gasteiger partial charge >= 0.3 is 0 Å². The van der Waals surface area contributed by atoms with E-state index in [2.05, 4.69) is 6.92 Å². The van der Waals surface area contributed by atoms with Crippen LogP contribution < -0.4 is 5.73 Å². The number of hydrogen-bond acceptors (Lipinski definition) is 3. The first kappa shape index (κ1) is 10.7. The molecule has 1 heterocycles. The first-order valence-corrected chi connectivity index (χ1v) is 5.75. The number of nitrogens with two attached hydrogens (primary N) is 1. The van der Waals surface area contributed by atoms with Crippen molar-refractivity contribution in [1.29, 1.82) is 0 Å². The highest BCUT2D eigenvalue weighted by Gasteiger charge is 2.28. The van der Waals surface area contributed by atoms with Crippen LogP contribution in [0.2, 0.25) is 0 Å². The zero-order valence-electron chi connectivity index (χ0n) is 9.19. The van der Waals surface area contributed by atoms with Crippen LogP contribution in [0.4, 0.5) is 0 Å². The van der Waals surface area contributed by atoms with Crippen molar-refractivity contribution in [2.75, 3.05) is 0 Å². The SMILES string of the molecule is CCC(N)C(OC1CCC1)c1ccco1. The molecular formula is C12H19NO2. The van der Waals surface area contributed by atoms with E-state index in [0.717, 1.165) is 25.0 Å². The van der Waals surface area contributed by atoms with Gasteiger partial charge in [0.2, 0.25) is 0 Å². The van der Waals surface area contributed by atoms with Gasteiger partial charge in [-0.25, -0.2) is 0 Å². The summed E-state index contributed by atoms with van der Waals surface area (Å²) < 4.78 is 11.3. The number of hydrogen-bond donors (Lipinski definition) is 1. The van der Waals surface area contributed by atoms with E-state index in [0.29, 0.717) is 6.10 Å². The Hall–Kier alpha value is -0.800. The van der Waals surface area contributed by atoms with Gasteiger partial charge in [-0.3, -0.25) is 0 Å². The summed E-state index contributed by atoms with van der Waals surface area (Å²) in [5, 5.41) is 0. The maximum Gasteiger partial charge on any atom is 0.134 e. The predicted molar refractivity (Wildman–Crippen MR) is 58.4 cm³/mol. The van der Waals surface area contributed by atoms with E-state index >= 15 is 0 Å². The third kappa shape index (κ3) is 2.41. The first-order valence-electron chi connectivity index (χ1n) is 5.75. The monoisotopic (exact) mass is 209 g/mol. The number of rotatable bonds is 5. The van der Waals surface area contributed by atoms with Crippen molar-refractivity contribution in [2.45, 2.75) is 50.9 Å². The molecule has 0 aliphatic heterocycles. The Morgan fingerprint density at radius 2 is 2.40 bits per heavy atom. The molecule has 2 N–H and O–H groups in total. The molecule has 15 heavy (non-hydrogen) atoms. The van der Waals surface area contributed by atoms with Gasteiger partial charge < -0.3 is 14.9 Å². The van der Waals surface area contributed by atoms with Crippen molar-refractivity contribution in [1.82, 2.24) is 0 Å². The van der Waals surface area contributed by atoms with E-state index in [1.54, 1.807) is 6.26 Å². The van der Waals surface area contributed by atoms with Crippen LogP contribution in [0.25, 0.3) is 0 Å². The fraction of sp³-hybridized carbons (Fsp3) is 0.667. The summed E-state index contributed by atoms with van der Waals surface area (Å²) >= 11 is 0. The molecule has 0 aromatic carbocycles. The Morgan fingerprint density at radius 1 is 1.60 bits per heavy atom. The third-order valence-electron chi connectivity index (χ3n) is 3.08. The standard InChI is InChI=1S/C12H19NO2/c1-2-10(13)12(11-7-4-8-14-11)15-9-5-3-6-9/h4,7-10,12H,2-3,5-6,13H2,1H3. The molecule has 0 bridgehead atoms. The molecule has 1 fully saturated rings. The highest BCUT2D eigenvalue weighted by atomic mass is 16.5. The Bertz CT molecular complexity index is 280. The minimum Gasteiger partial charge on any atom is -0.467 e. The molecule has 1 saturated carbocycles. The van der Waals surface area contributed by atoms with Crippen molar-refractivity contribution in [3.05, 3.63) is 24.2 Å². The lowest BCUT2D eigenvalue weighted by atomic mass is 9.95. The van der Waals surface area contributed by atoms with Gasteiger partial charge in [0.25, 0.3) is 0 Å². The van der Waals surface area contributed by atoms with Crippen LogP contribution in [0.15, 0.2) is 22.8 Å². The fourth-order valence-electron chi connectivity index (χ4n) is 1.76. The number of furan rings is 1. The zero-order valence-corrected chi connectivity index (χ0v) is 9.19. The van der Waals surface area contributed by atoms with Crippen molar-refractivity contribution < 1.29 is 9.15 Å². The molecule has 1 aliphatic rings. The molecule has 2 unspecified atom stereocenters. The van der Waals surface area contributed by atoms with Crippen LogP contribution in [-0.2, 0) is 4.74 Å². The van der Waals surface area contributed by atoms with Gasteiger partial charge in [-0.2, -0.15) is 0 Å². The lowest BCUT2D eigenvalue weighted by molar-refractivity contribution is -0.0721. The van der Waals surface area contributed by atoms with Crippen LogP contribution in [0.3, 0.4) is 0 Å². The topological polar surface area (TPSA) is 48.4 Å². The highest BCUT2D eigenvalue weighted by Crippen LogP contribution is 2.31. The molecule has 0 saturated heterocycles. The second-order valence-corrected chi connectivity index (χ2v) is 4.20. The molecule has 1 aliphatic carbocycles. The summed E-state index contributed by atoms with van der Waals surface area (Å²) in [7, 11) is 0. The van der Waals surface area contributed by atoms with Gasteiger partial charge in [-0.1, -0.05) is 6.92 Å². The smallest absolute Gasteiger partial charge is 0.134 e. The molecule has 2 atom stereocenters. The summed E-state index contributed by atoms with van der Waals surface area (Å²) in [5.41, 5.74) is 6.05. The molecule has 1 aromatic heterocycles. The van der Waals surface area contributed by atoms with E-state index < -0.39 is 0 Å². The lowest BCUT2D eigenvalue weighted by Gasteiger charge is -2.32. The zero-order chi connectivity index (χ0) is 10.7. The normalized spacial score (nSPS) is 20.9. The lowest BCUT2D eigenvalue weighted by Crippen LogP contribution is -2.34. The molecule has 84 valence electrons. The summed E-state index contributed by atoms with van der Waals surface area (Å²) in [6.45, 7) is 2.07. The molecule has 2 rings (SSSR count). The van der Waals surface area contributed by atoms with Crippen LogP contribution in [-0.4, -0.2) is 12.1 Å². The van der Waals surface area contributed by atoms with Gasteiger partial charge in [-0.15, -0.1) is 0 Å². The molecule has 0 radical (unpaired) electrons. The van der Waals surface area contributed by atoms with Crippen LogP contribution in [0, 0.1) is 0 Å². The quantitative estimate of drug-likeness (QED) is 0.811. The minimum absolute atomic E-state index is 0.0248. The Labute approximate surface area is 90.6 Å². The maximum absolute atomic E-state index is 6.05. The van der Waals surface area contributed by atoms with Crippen LogP contribution in [0.5, 0.6) is 0 Å². The third-order valence-corrected chi connectivity index (χ3v) is 3.08. The van der Waals surface area contributed by atoms with Gasteiger partial charge in [0.05, 0.1) is 12.4 Å². The van der Waals surface area contributed by atoms with E-state index in [-0.39, 0.29) is 12.1 Å². The van der Waals surface area contributed by atoms with Crippen LogP contribution >= 0.6 is 0 Å². The molecule has 1 aromatic rings. The van der Waals surface area contributed by atoms with E-state index in [1.807, 2.05) is 12.1 Å². The minimum atomic E-state index is -0.0738. The largest absolute Gasteiger partial charge is 0.467 e. The van der Waals surface area contributed by atoms with E-state index in [1.165, 1.54) is 6.42 Å². The average Bonchev–Trinajstić information content (AvgIpc) is 2.68. The second-order valence-electron chi connectivity index (χ2n) is 4.20. The molecule has 0 spiro atoms. The summed E-state index contributed by atoms with van der Waals surface area (Å²) in [6.07, 6.45) is 6.48. The van der Waals surface area contributed by atoms with Crippen molar-refractivity contribution >= 4 is 0 Å². The van der Waals surface area contributed by atoms with E-state index in [9.17, 15) is 0 Å². The Balaban J connectivity index is 2.01. The van der Waals surface area contributed by atoms with Gasteiger partial charge in [0.1, 0.15) is 11.9 Å². The Kier molecular flexibility index (Phi) is 3.44. The van der Waals surface area contributed by atoms with Crippen molar-refractivity contribution in [3.63, 3.8) is 0 Å². The van der Waals surface area contributed by atoms with Gasteiger partial charge in [-0.05, 0) is 37.8 Å². The summed E-state index contributed by atoms with van der Waals surface area (Å²) in [6, 6.07) is 3.85. The van der Waals surface area contributed by atoms with Crippen LogP contribution in [0.1, 0.15) is 44.5 Å². The Morgan fingerprint density at radius 3 is 2.87 bits per heavy atom. The number of ether oxygens (including phenoxy) is 1. The first-order chi connectivity index (χ1) is 7.31. The summed E-state index contributed by atoms with van der Waals surface area (Å²) in [5.74, 6) is 0.858. The average molecular weight is 209 g/mol. The summed E-state index contributed by atoms with van der Waals surface area (Å²) in [4.78, 5) is 0. The molecular weight excluding hydrogens is 190 g/mol. The van der Waals surface area contributed by atoms with Crippen molar-refractivity contribution in [3.8, 4) is 0 Å². The van der Waals surface area contributed by atoms with Gasteiger partial charge in [0.15, 0.2) is 0 Å². The highest BCUT2D eigenvalue weighted by molar-refractivity contribution is 5.05. The van der Waals surface area contributed by atoms with Crippen molar-refractivity contribution in [2.24, 2.45) is 5.73 Å². The fourth-order valence-corrected chi connectivity index (χ4v) is 1.76. The second kappa shape index (κ2) is 4.81. The van der Waals surface area contributed by atoms with E-state index in [4.69, 9.17) is 14.9 Å². The van der Waals surface area contributed by atoms with Gasteiger partial charge in [0, 0.05) is 6.04 Å².